The number of aliphatic hydroxyl groups excluding tert-OH is 1. The number of hydrogen-bond acceptors (Lipinski definition) is 4. The lowest BCUT2D eigenvalue weighted by Gasteiger charge is -2.20. The summed E-state index contributed by atoms with van der Waals surface area (Å²) in [4.78, 5) is 4.38. The number of aromatic nitrogens is 1. The van der Waals surface area contributed by atoms with Gasteiger partial charge in [-0.2, -0.15) is 0 Å². The number of benzene rings is 1. The van der Waals surface area contributed by atoms with Gasteiger partial charge < -0.3 is 10.4 Å². The Balaban J connectivity index is 1.92. The summed E-state index contributed by atoms with van der Waals surface area (Å²) in [5.41, 5.74) is 1.90. The largest absolute Gasteiger partial charge is 0.387 e. The van der Waals surface area contributed by atoms with Crippen molar-refractivity contribution in [3.8, 4) is 0 Å². The third-order valence-corrected chi connectivity index (χ3v) is 4.15. The fourth-order valence-electron chi connectivity index (χ4n) is 1.79. The maximum absolute atomic E-state index is 10.2. The summed E-state index contributed by atoms with van der Waals surface area (Å²) < 4.78 is 0. The highest BCUT2D eigenvalue weighted by atomic mass is 35.5. The zero-order valence-electron chi connectivity index (χ0n) is 10.9. The summed E-state index contributed by atoms with van der Waals surface area (Å²) in [6.07, 6.45) is -0.557. The van der Waals surface area contributed by atoms with Crippen molar-refractivity contribution in [2.75, 3.05) is 0 Å². The fraction of sp³-hybridized carbons (Fsp3) is 0.357. The highest BCUT2D eigenvalue weighted by molar-refractivity contribution is 7.09. The van der Waals surface area contributed by atoms with Crippen LogP contribution < -0.4 is 5.32 Å². The van der Waals surface area contributed by atoms with Crippen LogP contribution in [0.3, 0.4) is 0 Å². The van der Waals surface area contributed by atoms with Crippen molar-refractivity contribution in [2.24, 2.45) is 0 Å². The molecule has 2 N–H and O–H groups in total. The summed E-state index contributed by atoms with van der Waals surface area (Å²) in [5.74, 6) is 0. The van der Waals surface area contributed by atoms with Crippen molar-refractivity contribution < 1.29 is 5.11 Å². The van der Waals surface area contributed by atoms with Crippen LogP contribution in [0.15, 0.2) is 29.6 Å². The van der Waals surface area contributed by atoms with Crippen LogP contribution in [-0.2, 0) is 6.54 Å². The Morgan fingerprint density at radius 2 is 2.05 bits per heavy atom. The highest BCUT2D eigenvalue weighted by Gasteiger charge is 2.16. The molecule has 1 aromatic carbocycles. The molecule has 0 aliphatic rings. The first-order valence-electron chi connectivity index (χ1n) is 6.14. The first kappa shape index (κ1) is 14.5. The van der Waals surface area contributed by atoms with Gasteiger partial charge in [-0.3, -0.25) is 0 Å². The van der Waals surface area contributed by atoms with Crippen molar-refractivity contribution in [1.82, 2.24) is 10.3 Å². The first-order valence-corrected chi connectivity index (χ1v) is 7.40. The molecule has 0 fully saturated rings. The summed E-state index contributed by atoms with van der Waals surface area (Å²) in [5, 5.41) is 17.3. The molecule has 1 heterocycles. The van der Waals surface area contributed by atoms with E-state index >= 15 is 0 Å². The maximum Gasteiger partial charge on any atom is 0.107 e. The molecule has 2 rings (SSSR count). The van der Waals surface area contributed by atoms with Crippen molar-refractivity contribution in [3.05, 3.63) is 50.9 Å². The van der Waals surface area contributed by atoms with Crippen molar-refractivity contribution in [3.63, 3.8) is 0 Å². The van der Waals surface area contributed by atoms with E-state index in [0.29, 0.717) is 11.6 Å². The van der Waals surface area contributed by atoms with Gasteiger partial charge in [0.15, 0.2) is 0 Å². The molecular formula is C14H17ClN2OS. The minimum atomic E-state index is -0.557. The zero-order valence-corrected chi connectivity index (χ0v) is 12.5. The number of rotatable bonds is 5. The van der Waals surface area contributed by atoms with E-state index in [2.05, 4.69) is 10.3 Å². The number of hydrogen-bond donors (Lipinski definition) is 2. The smallest absolute Gasteiger partial charge is 0.107 e. The lowest BCUT2D eigenvalue weighted by atomic mass is 10.0. The van der Waals surface area contributed by atoms with Crippen LogP contribution in [0.4, 0.5) is 0 Å². The lowest BCUT2D eigenvalue weighted by Crippen LogP contribution is -2.31. The number of thiazole rings is 1. The Morgan fingerprint density at radius 1 is 1.37 bits per heavy atom. The van der Waals surface area contributed by atoms with Gasteiger partial charge in [-0.25, -0.2) is 4.98 Å². The predicted octanol–water partition coefficient (Wildman–Crippen LogP) is 3.32. The van der Waals surface area contributed by atoms with Crippen molar-refractivity contribution in [2.45, 2.75) is 32.5 Å². The third kappa shape index (κ3) is 4.01. The Labute approximate surface area is 122 Å². The molecule has 0 saturated heterocycles. The number of aryl methyl sites for hydroxylation is 1. The van der Waals surface area contributed by atoms with Crippen molar-refractivity contribution in [1.29, 1.82) is 0 Å². The second-order valence-electron chi connectivity index (χ2n) is 4.55. The minimum absolute atomic E-state index is 0.0506. The molecule has 3 nitrogen and oxygen atoms in total. The molecule has 2 aromatic rings. The summed E-state index contributed by atoms with van der Waals surface area (Å²) in [6, 6.07) is 7.22. The summed E-state index contributed by atoms with van der Waals surface area (Å²) in [6.45, 7) is 4.61. The van der Waals surface area contributed by atoms with Gasteiger partial charge in [0.2, 0.25) is 0 Å². The van der Waals surface area contributed by atoms with Crippen LogP contribution >= 0.6 is 22.9 Å². The molecule has 5 heteroatoms. The predicted molar refractivity (Wildman–Crippen MR) is 79.6 cm³/mol. The monoisotopic (exact) mass is 296 g/mol. The number of aliphatic hydroxyl groups is 1. The SMILES string of the molecule is Cc1csc(CNC(C)C(O)c2ccc(Cl)cc2)n1. The Hall–Kier alpha value is -0.940. The third-order valence-electron chi connectivity index (χ3n) is 2.93. The van der Waals surface area contributed by atoms with Gasteiger partial charge in [-0.05, 0) is 31.5 Å². The average Bonchev–Trinajstić information content (AvgIpc) is 2.82. The molecule has 102 valence electrons. The van der Waals surface area contributed by atoms with Crippen LogP contribution in [0, 0.1) is 6.92 Å². The quantitative estimate of drug-likeness (QED) is 0.890. The van der Waals surface area contributed by atoms with E-state index in [-0.39, 0.29) is 6.04 Å². The molecule has 19 heavy (non-hydrogen) atoms. The van der Waals surface area contributed by atoms with Gasteiger partial charge in [0, 0.05) is 28.7 Å². The molecule has 0 aliphatic heterocycles. The van der Waals surface area contributed by atoms with Crippen LogP contribution in [-0.4, -0.2) is 16.1 Å². The molecule has 2 unspecified atom stereocenters. The fourth-order valence-corrected chi connectivity index (χ4v) is 2.64. The van der Waals surface area contributed by atoms with Gasteiger partial charge in [0.05, 0.1) is 6.10 Å². The molecule has 0 spiro atoms. The molecule has 2 atom stereocenters. The molecular weight excluding hydrogens is 280 g/mol. The molecule has 0 bridgehead atoms. The van der Waals surface area contributed by atoms with E-state index in [0.717, 1.165) is 16.3 Å². The van der Waals surface area contributed by atoms with Crippen LogP contribution in [0.2, 0.25) is 5.02 Å². The Morgan fingerprint density at radius 3 is 2.63 bits per heavy atom. The standard InChI is InChI=1S/C14H17ClN2OS/c1-9-8-19-13(17-9)7-16-10(2)14(18)11-3-5-12(15)6-4-11/h3-6,8,10,14,16,18H,7H2,1-2H3. The number of halogens is 1. The second kappa shape index (κ2) is 6.48. The highest BCUT2D eigenvalue weighted by Crippen LogP contribution is 2.19. The Bertz CT molecular complexity index is 526. The van der Waals surface area contributed by atoms with E-state index in [1.807, 2.05) is 31.4 Å². The van der Waals surface area contributed by atoms with Crippen LogP contribution in [0.5, 0.6) is 0 Å². The summed E-state index contributed by atoms with van der Waals surface area (Å²) in [7, 11) is 0. The van der Waals surface area contributed by atoms with Crippen LogP contribution in [0.25, 0.3) is 0 Å². The van der Waals surface area contributed by atoms with E-state index in [4.69, 9.17) is 11.6 Å². The molecule has 0 aliphatic carbocycles. The molecule has 0 amide bonds. The first-order chi connectivity index (χ1) is 9.06. The van der Waals surface area contributed by atoms with Gasteiger partial charge in [0.1, 0.15) is 5.01 Å². The maximum atomic E-state index is 10.2. The van der Waals surface area contributed by atoms with E-state index < -0.39 is 6.10 Å². The topological polar surface area (TPSA) is 45.1 Å². The normalized spacial score (nSPS) is 14.3. The molecule has 0 saturated carbocycles. The zero-order chi connectivity index (χ0) is 13.8. The Kier molecular flexibility index (Phi) is 4.93. The molecule has 1 aromatic heterocycles. The second-order valence-corrected chi connectivity index (χ2v) is 5.93. The van der Waals surface area contributed by atoms with Gasteiger partial charge >= 0.3 is 0 Å². The number of nitrogens with zero attached hydrogens (tertiary/aromatic N) is 1. The van der Waals surface area contributed by atoms with Gasteiger partial charge in [-0.15, -0.1) is 11.3 Å². The average molecular weight is 297 g/mol. The molecule has 0 radical (unpaired) electrons. The number of nitrogens with one attached hydrogen (secondary N) is 1. The van der Waals surface area contributed by atoms with E-state index in [1.165, 1.54) is 0 Å². The van der Waals surface area contributed by atoms with E-state index in [9.17, 15) is 5.11 Å². The van der Waals surface area contributed by atoms with E-state index in [1.54, 1.807) is 23.5 Å². The van der Waals surface area contributed by atoms with Gasteiger partial charge in [0.25, 0.3) is 0 Å². The lowest BCUT2D eigenvalue weighted by molar-refractivity contribution is 0.135. The van der Waals surface area contributed by atoms with Crippen LogP contribution in [0.1, 0.15) is 29.3 Å². The minimum Gasteiger partial charge on any atom is -0.387 e. The van der Waals surface area contributed by atoms with Crippen molar-refractivity contribution >= 4 is 22.9 Å². The summed E-state index contributed by atoms with van der Waals surface area (Å²) >= 11 is 7.46. The van der Waals surface area contributed by atoms with Gasteiger partial charge in [-0.1, -0.05) is 23.7 Å².